The molecular formula is C25H27ClFN3O5. The fraction of sp³-hybridized carbons (Fsp3) is 0.320. The molecule has 0 saturated heterocycles. The van der Waals surface area contributed by atoms with Crippen LogP contribution in [0.5, 0.6) is 5.88 Å². The van der Waals surface area contributed by atoms with Crippen molar-refractivity contribution in [2.45, 2.75) is 39.3 Å². The third-order valence-corrected chi connectivity index (χ3v) is 5.55. The zero-order valence-corrected chi connectivity index (χ0v) is 20.3. The number of ether oxygens (including phenoxy) is 1. The van der Waals surface area contributed by atoms with Gasteiger partial charge in [-0.1, -0.05) is 56.6 Å². The first-order valence-corrected chi connectivity index (χ1v) is 11.3. The van der Waals surface area contributed by atoms with Crippen LogP contribution < -0.4 is 10.1 Å². The zero-order chi connectivity index (χ0) is 25.8. The van der Waals surface area contributed by atoms with E-state index < -0.39 is 35.3 Å². The molecule has 2 aromatic carbocycles. The van der Waals surface area contributed by atoms with Crippen LogP contribution in [-0.4, -0.2) is 44.6 Å². The van der Waals surface area contributed by atoms with Gasteiger partial charge in [0.2, 0.25) is 5.88 Å². The van der Waals surface area contributed by atoms with Gasteiger partial charge in [-0.25, -0.2) is 4.39 Å². The van der Waals surface area contributed by atoms with Crippen molar-refractivity contribution in [3.05, 3.63) is 76.7 Å². The van der Waals surface area contributed by atoms with E-state index in [9.17, 15) is 24.2 Å². The number of carboxylic acids is 1. The number of amides is 1. The van der Waals surface area contributed by atoms with E-state index in [1.807, 2.05) is 20.8 Å². The van der Waals surface area contributed by atoms with Gasteiger partial charge in [0.25, 0.3) is 5.91 Å². The van der Waals surface area contributed by atoms with E-state index in [4.69, 9.17) is 16.3 Å². The SMILES string of the molecule is CC(C)(C)[C@@H](O)COc1cc(C(=O)N[C@@H](CC(=O)O)c2cccc(Cl)c2)nn1-c1ccccc1F. The third-order valence-electron chi connectivity index (χ3n) is 5.31. The number of hydrogen-bond acceptors (Lipinski definition) is 5. The van der Waals surface area contributed by atoms with E-state index in [0.29, 0.717) is 10.6 Å². The van der Waals surface area contributed by atoms with Crippen molar-refractivity contribution in [3.63, 3.8) is 0 Å². The van der Waals surface area contributed by atoms with E-state index in [1.165, 1.54) is 24.3 Å². The zero-order valence-electron chi connectivity index (χ0n) is 19.5. The van der Waals surface area contributed by atoms with Crippen molar-refractivity contribution in [1.82, 2.24) is 15.1 Å². The molecule has 1 amide bonds. The number of para-hydroxylation sites is 1. The maximum atomic E-state index is 14.5. The predicted molar refractivity (Wildman–Crippen MR) is 128 cm³/mol. The van der Waals surface area contributed by atoms with E-state index in [0.717, 1.165) is 4.68 Å². The van der Waals surface area contributed by atoms with Crippen LogP contribution in [0.2, 0.25) is 5.02 Å². The second kappa shape index (κ2) is 10.9. The van der Waals surface area contributed by atoms with E-state index in [-0.39, 0.29) is 30.3 Å². The fourth-order valence-electron chi connectivity index (χ4n) is 3.17. The van der Waals surface area contributed by atoms with Gasteiger partial charge in [-0.05, 0) is 35.2 Å². The van der Waals surface area contributed by atoms with Crippen LogP contribution >= 0.6 is 11.6 Å². The van der Waals surface area contributed by atoms with Crippen molar-refractivity contribution >= 4 is 23.5 Å². The summed E-state index contributed by atoms with van der Waals surface area (Å²) in [4.78, 5) is 24.5. The number of carboxylic acid groups (broad SMARTS) is 1. The van der Waals surface area contributed by atoms with Crippen molar-refractivity contribution < 1.29 is 28.9 Å². The fourth-order valence-corrected chi connectivity index (χ4v) is 3.37. The summed E-state index contributed by atoms with van der Waals surface area (Å²) >= 11 is 6.03. The summed E-state index contributed by atoms with van der Waals surface area (Å²) < 4.78 is 21.4. The topological polar surface area (TPSA) is 114 Å². The maximum absolute atomic E-state index is 14.5. The lowest BCUT2D eigenvalue weighted by Crippen LogP contribution is -2.32. The minimum Gasteiger partial charge on any atom is -0.481 e. The van der Waals surface area contributed by atoms with Gasteiger partial charge in [-0.3, -0.25) is 9.59 Å². The first kappa shape index (κ1) is 26.2. The highest BCUT2D eigenvalue weighted by atomic mass is 35.5. The Kier molecular flexibility index (Phi) is 8.14. The minimum absolute atomic E-state index is 0.0427. The average molecular weight is 504 g/mol. The third kappa shape index (κ3) is 6.80. The van der Waals surface area contributed by atoms with Gasteiger partial charge in [0.15, 0.2) is 5.69 Å². The van der Waals surface area contributed by atoms with Gasteiger partial charge in [0.05, 0.1) is 18.6 Å². The summed E-state index contributed by atoms with van der Waals surface area (Å²) in [5.41, 5.74) is -0.0365. The van der Waals surface area contributed by atoms with Crippen molar-refractivity contribution in [3.8, 4) is 11.6 Å². The highest BCUT2D eigenvalue weighted by molar-refractivity contribution is 6.30. The molecule has 0 fully saturated rings. The lowest BCUT2D eigenvalue weighted by Gasteiger charge is -2.25. The molecule has 0 aliphatic rings. The van der Waals surface area contributed by atoms with Gasteiger partial charge in [-0.2, -0.15) is 9.78 Å². The van der Waals surface area contributed by atoms with Gasteiger partial charge in [0.1, 0.15) is 18.1 Å². The number of halogens is 2. The Bertz CT molecular complexity index is 1210. The lowest BCUT2D eigenvalue weighted by atomic mass is 9.90. The Balaban J connectivity index is 1.93. The van der Waals surface area contributed by atoms with Crippen LogP contribution in [0.4, 0.5) is 4.39 Å². The maximum Gasteiger partial charge on any atom is 0.305 e. The Morgan fingerprint density at radius 3 is 2.51 bits per heavy atom. The minimum atomic E-state index is -1.12. The smallest absolute Gasteiger partial charge is 0.305 e. The molecule has 0 radical (unpaired) electrons. The predicted octanol–water partition coefficient (Wildman–Crippen LogP) is 4.40. The Morgan fingerprint density at radius 1 is 1.17 bits per heavy atom. The Labute approximate surface area is 207 Å². The molecule has 35 heavy (non-hydrogen) atoms. The number of aliphatic hydroxyl groups is 1. The monoisotopic (exact) mass is 503 g/mol. The second-order valence-electron chi connectivity index (χ2n) is 9.10. The molecular weight excluding hydrogens is 477 g/mol. The number of aromatic nitrogens is 2. The van der Waals surface area contributed by atoms with Crippen LogP contribution in [0.15, 0.2) is 54.6 Å². The molecule has 0 unspecified atom stereocenters. The molecule has 3 N–H and O–H groups in total. The molecule has 0 saturated carbocycles. The summed E-state index contributed by atoms with van der Waals surface area (Å²) in [6.07, 6.45) is -1.23. The van der Waals surface area contributed by atoms with E-state index in [1.54, 1.807) is 30.3 Å². The number of carbonyl (C=O) groups excluding carboxylic acids is 1. The number of nitrogens with zero attached hydrogens (tertiary/aromatic N) is 2. The number of carbonyl (C=O) groups is 2. The van der Waals surface area contributed by atoms with Crippen LogP contribution in [0.25, 0.3) is 5.69 Å². The number of aliphatic carboxylic acids is 1. The molecule has 0 aliphatic carbocycles. The molecule has 0 bridgehead atoms. The molecule has 3 rings (SSSR count). The largest absolute Gasteiger partial charge is 0.481 e. The van der Waals surface area contributed by atoms with Gasteiger partial charge < -0.3 is 20.3 Å². The van der Waals surface area contributed by atoms with Crippen LogP contribution in [0, 0.1) is 11.2 Å². The highest BCUT2D eigenvalue weighted by Crippen LogP contribution is 2.26. The van der Waals surface area contributed by atoms with Gasteiger partial charge in [-0.15, -0.1) is 0 Å². The molecule has 1 heterocycles. The molecule has 0 aliphatic heterocycles. The molecule has 0 spiro atoms. The van der Waals surface area contributed by atoms with Crippen molar-refractivity contribution in [2.75, 3.05) is 6.61 Å². The number of aliphatic hydroxyl groups excluding tert-OH is 1. The Hall–Kier alpha value is -3.43. The molecule has 8 nitrogen and oxygen atoms in total. The average Bonchev–Trinajstić information content (AvgIpc) is 3.20. The van der Waals surface area contributed by atoms with E-state index >= 15 is 0 Å². The second-order valence-corrected chi connectivity index (χ2v) is 9.54. The number of nitrogens with one attached hydrogen (secondary N) is 1. The van der Waals surface area contributed by atoms with Gasteiger partial charge >= 0.3 is 5.97 Å². The van der Waals surface area contributed by atoms with Crippen molar-refractivity contribution in [2.24, 2.45) is 5.41 Å². The summed E-state index contributed by atoms with van der Waals surface area (Å²) in [5.74, 6) is -2.35. The highest BCUT2D eigenvalue weighted by Gasteiger charge is 2.26. The molecule has 186 valence electrons. The quantitative estimate of drug-likeness (QED) is 0.399. The van der Waals surface area contributed by atoms with Crippen LogP contribution in [0.1, 0.15) is 49.3 Å². The van der Waals surface area contributed by atoms with E-state index in [2.05, 4.69) is 10.4 Å². The first-order valence-electron chi connectivity index (χ1n) is 10.9. The summed E-state index contributed by atoms with van der Waals surface area (Å²) in [6.45, 7) is 5.40. The number of benzene rings is 2. The first-order chi connectivity index (χ1) is 16.5. The summed E-state index contributed by atoms with van der Waals surface area (Å²) in [7, 11) is 0. The van der Waals surface area contributed by atoms with Gasteiger partial charge in [0, 0.05) is 11.1 Å². The molecule has 2 atom stereocenters. The van der Waals surface area contributed by atoms with Crippen LogP contribution in [0.3, 0.4) is 0 Å². The normalized spacial score (nSPS) is 13.2. The standard InChI is InChI=1S/C25H27ClFN3O5/c1-25(2,3)21(31)14-35-22-12-19(29-30(22)20-10-5-4-9-17(20)27)24(34)28-18(13-23(32)33)15-7-6-8-16(26)11-15/h4-12,18,21,31H,13-14H2,1-3H3,(H,28,34)(H,32,33)/t18-,21-/m0/s1. The molecule has 3 aromatic rings. The lowest BCUT2D eigenvalue weighted by molar-refractivity contribution is -0.137. The molecule has 1 aromatic heterocycles. The van der Waals surface area contributed by atoms with Crippen LogP contribution in [-0.2, 0) is 4.79 Å². The number of hydrogen-bond donors (Lipinski definition) is 3. The number of rotatable bonds is 9. The Morgan fingerprint density at radius 2 is 1.89 bits per heavy atom. The van der Waals surface area contributed by atoms with Crippen molar-refractivity contribution in [1.29, 1.82) is 0 Å². The summed E-state index contributed by atoms with van der Waals surface area (Å²) in [6, 6.07) is 12.8. The molecule has 10 heteroatoms. The summed E-state index contributed by atoms with van der Waals surface area (Å²) in [5, 5.41) is 26.9.